The fraction of sp³-hybridized carbons (Fsp3) is 0.500. The van der Waals surface area contributed by atoms with E-state index in [1.54, 1.807) is 19.1 Å². The maximum atomic E-state index is 12.8. The Balaban J connectivity index is 1.43. The number of hydrogen-bond donors (Lipinski definition) is 1. The highest BCUT2D eigenvalue weighted by Gasteiger charge is 2.39. The number of amides is 1. The van der Waals surface area contributed by atoms with Crippen LogP contribution < -0.4 is 10.1 Å². The Labute approximate surface area is 163 Å². The summed E-state index contributed by atoms with van der Waals surface area (Å²) in [5.41, 5.74) is 0.953. The molecule has 4 rings (SSSR count). The lowest BCUT2D eigenvalue weighted by Gasteiger charge is -2.36. The van der Waals surface area contributed by atoms with Crippen molar-refractivity contribution in [3.8, 4) is 5.75 Å². The molecule has 2 aliphatic heterocycles. The van der Waals surface area contributed by atoms with Crippen LogP contribution in [0.3, 0.4) is 0 Å². The number of para-hydroxylation sites is 1. The van der Waals surface area contributed by atoms with E-state index in [9.17, 15) is 4.79 Å². The molecule has 2 unspecified atom stereocenters. The SMILES string of the molecule is Cc1onc(C(=O)NC2CC3CCC(C2)N3C)c1COc1ccccc1Cl. The molecule has 27 heavy (non-hydrogen) atoms. The molecule has 2 aromatic rings. The Morgan fingerprint density at radius 2 is 2.04 bits per heavy atom. The summed E-state index contributed by atoms with van der Waals surface area (Å²) in [4.78, 5) is 15.3. The predicted molar refractivity (Wildman–Crippen MR) is 102 cm³/mol. The molecule has 2 atom stereocenters. The Kier molecular flexibility index (Phi) is 5.10. The highest BCUT2D eigenvalue weighted by molar-refractivity contribution is 6.32. The van der Waals surface area contributed by atoms with Crippen molar-refractivity contribution >= 4 is 17.5 Å². The third-order valence-corrected chi connectivity index (χ3v) is 6.15. The quantitative estimate of drug-likeness (QED) is 0.846. The van der Waals surface area contributed by atoms with Gasteiger partial charge >= 0.3 is 0 Å². The Morgan fingerprint density at radius 1 is 1.33 bits per heavy atom. The van der Waals surface area contributed by atoms with Crippen LogP contribution in [0.15, 0.2) is 28.8 Å². The lowest BCUT2D eigenvalue weighted by Crippen LogP contribution is -2.48. The molecule has 0 saturated carbocycles. The van der Waals surface area contributed by atoms with Crippen LogP contribution in [0.25, 0.3) is 0 Å². The third kappa shape index (κ3) is 3.69. The number of halogens is 1. The van der Waals surface area contributed by atoms with Gasteiger partial charge in [-0.15, -0.1) is 0 Å². The molecule has 2 aliphatic rings. The molecular formula is C20H24ClN3O3. The highest BCUT2D eigenvalue weighted by Crippen LogP contribution is 2.34. The van der Waals surface area contributed by atoms with Crippen LogP contribution in [-0.4, -0.2) is 41.1 Å². The first-order chi connectivity index (χ1) is 13.0. The molecule has 7 heteroatoms. The Hall–Kier alpha value is -2.05. The van der Waals surface area contributed by atoms with Crippen LogP contribution >= 0.6 is 11.6 Å². The summed E-state index contributed by atoms with van der Waals surface area (Å²) < 4.78 is 11.0. The standard InChI is InChI=1S/C20H24ClN3O3/c1-12-16(11-26-18-6-4-3-5-17(18)21)19(23-27-12)20(25)22-13-9-14-7-8-15(10-13)24(14)2/h3-6,13-15H,7-11H2,1-2H3,(H,22,25). The minimum atomic E-state index is -0.196. The first-order valence-corrected chi connectivity index (χ1v) is 9.76. The molecule has 2 bridgehead atoms. The number of nitrogens with zero attached hydrogens (tertiary/aromatic N) is 2. The second-order valence-corrected chi connectivity index (χ2v) is 7.88. The number of aryl methyl sites for hydroxylation is 1. The maximum Gasteiger partial charge on any atom is 0.274 e. The van der Waals surface area contributed by atoms with E-state index in [0.717, 1.165) is 12.8 Å². The molecule has 1 N–H and O–H groups in total. The van der Waals surface area contributed by atoms with Gasteiger partial charge in [0.15, 0.2) is 5.69 Å². The zero-order chi connectivity index (χ0) is 19.0. The topological polar surface area (TPSA) is 67.6 Å². The molecule has 1 aromatic carbocycles. The number of nitrogens with one attached hydrogen (secondary N) is 1. The van der Waals surface area contributed by atoms with Gasteiger partial charge in [0.25, 0.3) is 5.91 Å². The summed E-state index contributed by atoms with van der Waals surface area (Å²) in [6.07, 6.45) is 4.41. The van der Waals surface area contributed by atoms with Gasteiger partial charge in [0.1, 0.15) is 18.1 Å². The molecule has 0 aliphatic carbocycles. The van der Waals surface area contributed by atoms with E-state index >= 15 is 0 Å². The molecule has 3 heterocycles. The van der Waals surface area contributed by atoms with Crippen LogP contribution in [0, 0.1) is 6.92 Å². The molecule has 1 amide bonds. The van der Waals surface area contributed by atoms with Crippen molar-refractivity contribution in [3.63, 3.8) is 0 Å². The number of benzene rings is 1. The third-order valence-electron chi connectivity index (χ3n) is 5.84. The van der Waals surface area contributed by atoms with E-state index in [2.05, 4.69) is 22.4 Å². The van der Waals surface area contributed by atoms with Crippen molar-refractivity contribution in [2.24, 2.45) is 0 Å². The largest absolute Gasteiger partial charge is 0.487 e. The van der Waals surface area contributed by atoms with Crippen molar-refractivity contribution in [3.05, 3.63) is 46.3 Å². The van der Waals surface area contributed by atoms with Gasteiger partial charge in [-0.05, 0) is 51.8 Å². The number of carbonyl (C=O) groups is 1. The number of carbonyl (C=O) groups excluding carboxylic acids is 1. The second kappa shape index (κ2) is 7.52. The Morgan fingerprint density at radius 3 is 2.74 bits per heavy atom. The first-order valence-electron chi connectivity index (χ1n) is 9.38. The average molecular weight is 390 g/mol. The van der Waals surface area contributed by atoms with Crippen LogP contribution in [0.1, 0.15) is 47.5 Å². The van der Waals surface area contributed by atoms with Crippen LogP contribution in [0.5, 0.6) is 5.75 Å². The van der Waals surface area contributed by atoms with Gasteiger partial charge in [0.05, 0.1) is 10.6 Å². The van der Waals surface area contributed by atoms with Gasteiger partial charge in [-0.3, -0.25) is 4.79 Å². The number of hydrogen-bond acceptors (Lipinski definition) is 5. The summed E-state index contributed by atoms with van der Waals surface area (Å²) >= 11 is 6.13. The smallest absolute Gasteiger partial charge is 0.274 e. The maximum absolute atomic E-state index is 12.8. The molecule has 0 radical (unpaired) electrons. The van der Waals surface area contributed by atoms with E-state index in [1.165, 1.54) is 12.8 Å². The minimum Gasteiger partial charge on any atom is -0.487 e. The first kappa shape index (κ1) is 18.3. The van der Waals surface area contributed by atoms with Crippen LogP contribution in [-0.2, 0) is 6.61 Å². The van der Waals surface area contributed by atoms with Crippen molar-refractivity contribution in [2.75, 3.05) is 7.05 Å². The van der Waals surface area contributed by atoms with E-state index in [-0.39, 0.29) is 18.6 Å². The number of rotatable bonds is 5. The highest BCUT2D eigenvalue weighted by atomic mass is 35.5. The van der Waals surface area contributed by atoms with Crippen molar-refractivity contribution in [1.82, 2.24) is 15.4 Å². The van der Waals surface area contributed by atoms with Gasteiger partial charge in [-0.1, -0.05) is 28.9 Å². The number of aromatic nitrogens is 1. The van der Waals surface area contributed by atoms with Crippen molar-refractivity contribution in [1.29, 1.82) is 0 Å². The van der Waals surface area contributed by atoms with E-state index < -0.39 is 0 Å². The van der Waals surface area contributed by atoms with E-state index in [4.69, 9.17) is 20.9 Å². The molecule has 2 saturated heterocycles. The lowest BCUT2D eigenvalue weighted by molar-refractivity contribution is 0.0871. The van der Waals surface area contributed by atoms with Gasteiger partial charge in [-0.25, -0.2) is 0 Å². The summed E-state index contributed by atoms with van der Waals surface area (Å²) in [7, 11) is 2.19. The normalized spacial score (nSPS) is 24.8. The molecular weight excluding hydrogens is 366 g/mol. The predicted octanol–water partition coefficient (Wildman–Crippen LogP) is 3.57. The van der Waals surface area contributed by atoms with Gasteiger partial charge in [0.2, 0.25) is 0 Å². The summed E-state index contributed by atoms with van der Waals surface area (Å²) in [6.45, 7) is 1.96. The van der Waals surface area contributed by atoms with Crippen LogP contribution in [0.2, 0.25) is 5.02 Å². The van der Waals surface area contributed by atoms with E-state index in [1.807, 2.05) is 12.1 Å². The zero-order valence-electron chi connectivity index (χ0n) is 15.6. The fourth-order valence-electron chi connectivity index (χ4n) is 4.23. The van der Waals surface area contributed by atoms with Crippen molar-refractivity contribution < 1.29 is 14.1 Å². The lowest BCUT2D eigenvalue weighted by atomic mass is 9.98. The minimum absolute atomic E-state index is 0.181. The van der Waals surface area contributed by atoms with Gasteiger partial charge in [-0.2, -0.15) is 0 Å². The fourth-order valence-corrected chi connectivity index (χ4v) is 4.42. The number of fused-ring (bicyclic) bond motifs is 2. The summed E-state index contributed by atoms with van der Waals surface area (Å²) in [5, 5.41) is 7.65. The zero-order valence-corrected chi connectivity index (χ0v) is 16.3. The van der Waals surface area contributed by atoms with E-state index in [0.29, 0.717) is 39.9 Å². The molecule has 1 aromatic heterocycles. The Bertz CT molecular complexity index is 824. The number of ether oxygens (including phenoxy) is 1. The summed E-state index contributed by atoms with van der Waals surface area (Å²) in [5.74, 6) is 0.951. The average Bonchev–Trinajstić information content (AvgIpc) is 3.09. The number of piperidine rings is 1. The molecule has 144 valence electrons. The monoisotopic (exact) mass is 389 g/mol. The second-order valence-electron chi connectivity index (χ2n) is 7.48. The van der Waals surface area contributed by atoms with Crippen molar-refractivity contribution in [2.45, 2.75) is 57.3 Å². The molecule has 0 spiro atoms. The van der Waals surface area contributed by atoms with Gasteiger partial charge < -0.3 is 19.5 Å². The molecule has 2 fully saturated rings. The van der Waals surface area contributed by atoms with Crippen LogP contribution in [0.4, 0.5) is 0 Å². The molecule has 6 nitrogen and oxygen atoms in total. The van der Waals surface area contributed by atoms with Gasteiger partial charge in [0, 0.05) is 18.1 Å². The summed E-state index contributed by atoms with van der Waals surface area (Å²) in [6, 6.07) is 8.56.